The van der Waals surface area contributed by atoms with Gasteiger partial charge in [-0.1, -0.05) is 30.3 Å². The lowest BCUT2D eigenvalue weighted by atomic mass is 10.2. The van der Waals surface area contributed by atoms with Crippen molar-refractivity contribution in [3.63, 3.8) is 0 Å². The van der Waals surface area contributed by atoms with E-state index in [1.807, 2.05) is 30.3 Å². The summed E-state index contributed by atoms with van der Waals surface area (Å²) < 4.78 is 1.56. The molecule has 0 bridgehead atoms. The summed E-state index contributed by atoms with van der Waals surface area (Å²) in [6, 6.07) is 9.71. The zero-order valence-corrected chi connectivity index (χ0v) is 11.6. The molecule has 0 saturated carbocycles. The minimum absolute atomic E-state index is 0.116. The summed E-state index contributed by atoms with van der Waals surface area (Å²) in [6.07, 6.45) is 1.54. The molecule has 0 unspecified atom stereocenters. The highest BCUT2D eigenvalue weighted by Crippen LogP contribution is 2.02. The Kier molecular flexibility index (Phi) is 4.30. The van der Waals surface area contributed by atoms with Crippen LogP contribution in [0.3, 0.4) is 0 Å². The van der Waals surface area contributed by atoms with Crippen LogP contribution >= 0.6 is 0 Å². The Morgan fingerprint density at radius 3 is 2.65 bits per heavy atom. The summed E-state index contributed by atoms with van der Waals surface area (Å²) in [6.45, 7) is 3.88. The molecule has 1 amide bonds. The number of carbonyl (C=O) groups excluding carboxylic acids is 1. The maximum Gasteiger partial charge on any atom is 0.258 e. The first-order valence-electron chi connectivity index (χ1n) is 6.41. The van der Waals surface area contributed by atoms with Gasteiger partial charge in [0.2, 0.25) is 5.91 Å². The number of nitrogens with one attached hydrogen (secondary N) is 1. The normalized spacial score (nSPS) is 10.3. The quantitative estimate of drug-likeness (QED) is 0.910. The molecule has 5 heteroatoms. The van der Waals surface area contributed by atoms with Gasteiger partial charge in [0.1, 0.15) is 0 Å². The van der Waals surface area contributed by atoms with Gasteiger partial charge in [-0.2, -0.15) is 0 Å². The van der Waals surface area contributed by atoms with Gasteiger partial charge in [-0.15, -0.1) is 0 Å². The van der Waals surface area contributed by atoms with Crippen LogP contribution < -0.4 is 10.9 Å². The van der Waals surface area contributed by atoms with Crippen LogP contribution in [0.2, 0.25) is 0 Å². The second-order valence-corrected chi connectivity index (χ2v) is 4.64. The van der Waals surface area contributed by atoms with Gasteiger partial charge in [0.05, 0.1) is 25.0 Å². The van der Waals surface area contributed by atoms with E-state index in [4.69, 9.17) is 0 Å². The Morgan fingerprint density at radius 1 is 1.30 bits per heavy atom. The molecule has 5 nitrogen and oxygen atoms in total. The molecule has 1 N–H and O–H groups in total. The molecule has 0 fully saturated rings. The Labute approximate surface area is 117 Å². The van der Waals surface area contributed by atoms with Crippen LogP contribution in [0.4, 0.5) is 0 Å². The van der Waals surface area contributed by atoms with Crippen molar-refractivity contribution in [3.05, 3.63) is 63.8 Å². The first kappa shape index (κ1) is 14.0. The van der Waals surface area contributed by atoms with E-state index in [1.54, 1.807) is 17.8 Å². The van der Waals surface area contributed by atoms with E-state index in [0.29, 0.717) is 17.8 Å². The summed E-state index contributed by atoms with van der Waals surface area (Å²) in [5, 5.41) is 2.64. The zero-order chi connectivity index (χ0) is 14.5. The molecule has 20 heavy (non-hydrogen) atoms. The van der Waals surface area contributed by atoms with E-state index in [-0.39, 0.29) is 18.0 Å². The summed E-state index contributed by atoms with van der Waals surface area (Å²) >= 11 is 0. The topological polar surface area (TPSA) is 64.0 Å². The van der Waals surface area contributed by atoms with Crippen molar-refractivity contribution >= 4 is 5.91 Å². The molecule has 1 heterocycles. The maximum atomic E-state index is 12.4. The molecular weight excluding hydrogens is 254 g/mol. The van der Waals surface area contributed by atoms with Crippen molar-refractivity contribution in [2.45, 2.75) is 26.9 Å². The van der Waals surface area contributed by atoms with Crippen molar-refractivity contribution in [2.24, 2.45) is 0 Å². The first-order chi connectivity index (χ1) is 9.58. The Bertz CT molecular complexity index is 663. The molecule has 2 rings (SSSR count). The van der Waals surface area contributed by atoms with Gasteiger partial charge in [0.25, 0.3) is 5.56 Å². The monoisotopic (exact) mass is 271 g/mol. The molecule has 0 atom stereocenters. The van der Waals surface area contributed by atoms with Gasteiger partial charge in [-0.3, -0.25) is 14.2 Å². The molecule has 2 aromatic rings. The molecule has 1 aromatic carbocycles. The fourth-order valence-electron chi connectivity index (χ4n) is 1.92. The predicted octanol–water partition coefficient (Wildman–Crippen LogP) is 1.24. The fraction of sp³-hybridized carbons (Fsp3) is 0.267. The van der Waals surface area contributed by atoms with E-state index in [2.05, 4.69) is 10.3 Å². The summed E-state index contributed by atoms with van der Waals surface area (Å²) in [5.41, 5.74) is 2.09. The predicted molar refractivity (Wildman–Crippen MR) is 76.3 cm³/mol. The lowest BCUT2D eigenvalue weighted by molar-refractivity contribution is -0.119. The first-order valence-corrected chi connectivity index (χ1v) is 6.41. The SMILES string of the molecule is CC(=O)NCc1c(C)ncn(Cc2ccccc2)c1=O. The maximum absolute atomic E-state index is 12.4. The average Bonchev–Trinajstić information content (AvgIpc) is 2.43. The number of rotatable bonds is 4. The smallest absolute Gasteiger partial charge is 0.258 e. The Morgan fingerprint density at radius 2 is 2.00 bits per heavy atom. The highest BCUT2D eigenvalue weighted by atomic mass is 16.1. The van der Waals surface area contributed by atoms with Crippen LogP contribution in [0.1, 0.15) is 23.7 Å². The van der Waals surface area contributed by atoms with Crippen molar-refractivity contribution in [1.29, 1.82) is 0 Å². The van der Waals surface area contributed by atoms with E-state index in [1.165, 1.54) is 6.92 Å². The van der Waals surface area contributed by atoms with Gasteiger partial charge in [-0.25, -0.2) is 4.98 Å². The zero-order valence-electron chi connectivity index (χ0n) is 11.6. The van der Waals surface area contributed by atoms with E-state index in [9.17, 15) is 9.59 Å². The molecule has 1 aromatic heterocycles. The summed E-state index contributed by atoms with van der Waals surface area (Å²) in [5.74, 6) is -0.165. The molecule has 0 aliphatic carbocycles. The van der Waals surface area contributed by atoms with Crippen molar-refractivity contribution < 1.29 is 4.79 Å². The van der Waals surface area contributed by atoms with Gasteiger partial charge in [-0.05, 0) is 12.5 Å². The summed E-state index contributed by atoms with van der Waals surface area (Å²) in [4.78, 5) is 27.6. The van der Waals surface area contributed by atoms with E-state index in [0.717, 1.165) is 5.56 Å². The van der Waals surface area contributed by atoms with Crippen LogP contribution in [0, 0.1) is 6.92 Å². The third-order valence-electron chi connectivity index (χ3n) is 3.06. The second kappa shape index (κ2) is 6.14. The number of aryl methyl sites for hydroxylation is 1. The number of hydrogen-bond acceptors (Lipinski definition) is 3. The van der Waals surface area contributed by atoms with Gasteiger partial charge in [0, 0.05) is 12.6 Å². The molecule has 0 aliphatic heterocycles. The Balaban J connectivity index is 2.29. The molecule has 0 saturated heterocycles. The standard InChI is InChI=1S/C15H17N3O2/c1-11-14(8-16-12(2)19)15(20)18(10-17-11)9-13-6-4-3-5-7-13/h3-7,10H,8-9H2,1-2H3,(H,16,19). The average molecular weight is 271 g/mol. The largest absolute Gasteiger partial charge is 0.352 e. The second-order valence-electron chi connectivity index (χ2n) is 4.64. The van der Waals surface area contributed by atoms with Gasteiger partial charge in [0.15, 0.2) is 0 Å². The lowest BCUT2D eigenvalue weighted by Crippen LogP contribution is -2.30. The van der Waals surface area contributed by atoms with E-state index < -0.39 is 0 Å². The van der Waals surface area contributed by atoms with Crippen LogP contribution in [0.25, 0.3) is 0 Å². The van der Waals surface area contributed by atoms with Gasteiger partial charge >= 0.3 is 0 Å². The molecule has 0 spiro atoms. The van der Waals surface area contributed by atoms with E-state index >= 15 is 0 Å². The molecule has 0 radical (unpaired) electrons. The number of nitrogens with zero attached hydrogens (tertiary/aromatic N) is 2. The minimum atomic E-state index is -0.165. The van der Waals surface area contributed by atoms with Crippen LogP contribution in [0.15, 0.2) is 41.5 Å². The summed E-state index contributed by atoms with van der Waals surface area (Å²) in [7, 11) is 0. The highest BCUT2D eigenvalue weighted by Gasteiger charge is 2.09. The number of amides is 1. The van der Waals surface area contributed by atoms with Crippen LogP contribution in [0.5, 0.6) is 0 Å². The number of carbonyl (C=O) groups is 1. The minimum Gasteiger partial charge on any atom is -0.352 e. The van der Waals surface area contributed by atoms with Gasteiger partial charge < -0.3 is 5.32 Å². The van der Waals surface area contributed by atoms with Crippen LogP contribution in [-0.2, 0) is 17.9 Å². The molecular formula is C15H17N3O2. The molecule has 0 aliphatic rings. The fourth-order valence-corrected chi connectivity index (χ4v) is 1.92. The third kappa shape index (κ3) is 3.32. The van der Waals surface area contributed by atoms with Crippen molar-refractivity contribution in [2.75, 3.05) is 0 Å². The highest BCUT2D eigenvalue weighted by molar-refractivity contribution is 5.72. The number of aromatic nitrogens is 2. The Hall–Kier alpha value is -2.43. The van der Waals surface area contributed by atoms with Crippen molar-refractivity contribution in [1.82, 2.24) is 14.9 Å². The van der Waals surface area contributed by atoms with Crippen LogP contribution in [-0.4, -0.2) is 15.5 Å². The van der Waals surface area contributed by atoms with Crippen molar-refractivity contribution in [3.8, 4) is 0 Å². The third-order valence-corrected chi connectivity index (χ3v) is 3.06. The lowest BCUT2D eigenvalue weighted by Gasteiger charge is -2.10. The molecule has 104 valence electrons. The number of benzene rings is 1. The number of hydrogen-bond donors (Lipinski definition) is 1.